The van der Waals surface area contributed by atoms with Gasteiger partial charge < -0.3 is 15.8 Å². The topological polar surface area (TPSA) is 83.7 Å². The molecule has 1 aromatic heterocycles. The van der Waals surface area contributed by atoms with Gasteiger partial charge in [-0.25, -0.2) is 9.78 Å². The van der Waals surface area contributed by atoms with Gasteiger partial charge in [0.15, 0.2) is 5.82 Å². The van der Waals surface area contributed by atoms with E-state index >= 15 is 0 Å². The number of aromatic nitrogens is 1. The Kier molecular flexibility index (Phi) is 7.04. The lowest BCUT2D eigenvalue weighted by atomic mass is 9.91. The van der Waals surface area contributed by atoms with E-state index in [0.29, 0.717) is 43.2 Å². The predicted octanol–water partition coefficient (Wildman–Crippen LogP) is 3.75. The Morgan fingerprint density at radius 1 is 1.21 bits per heavy atom. The standard InChI is InChI=1S/C23H28F3N5O2/c24-23(25,26)17-4-1-3-16(15-17)20-8-7-19(27)21(29-20)31(18-5-2-6-18)22(32)28-9-10-30-11-13-33-14-12-30/h1,3-4,7-8,15,18H,2,5-6,9-14,27H2,(H,28,32). The molecule has 0 unspecified atom stereocenters. The summed E-state index contributed by atoms with van der Waals surface area (Å²) in [6, 6.07) is 7.80. The summed E-state index contributed by atoms with van der Waals surface area (Å²) in [5, 5.41) is 2.95. The van der Waals surface area contributed by atoms with Gasteiger partial charge in [0.05, 0.1) is 30.2 Å². The van der Waals surface area contributed by atoms with Crippen LogP contribution in [0.3, 0.4) is 0 Å². The third kappa shape index (κ3) is 5.56. The maximum atomic E-state index is 13.2. The lowest BCUT2D eigenvalue weighted by Crippen LogP contribution is -2.51. The van der Waals surface area contributed by atoms with Gasteiger partial charge in [0, 0.05) is 37.8 Å². The largest absolute Gasteiger partial charge is 0.416 e. The summed E-state index contributed by atoms with van der Waals surface area (Å²) >= 11 is 0. The van der Waals surface area contributed by atoms with Gasteiger partial charge in [-0.1, -0.05) is 12.1 Å². The molecular weight excluding hydrogens is 435 g/mol. The Bertz CT molecular complexity index is 975. The van der Waals surface area contributed by atoms with Crippen LogP contribution in [0.4, 0.5) is 29.5 Å². The zero-order valence-electron chi connectivity index (χ0n) is 18.3. The molecule has 2 aliphatic rings. The maximum absolute atomic E-state index is 13.2. The Morgan fingerprint density at radius 2 is 1.97 bits per heavy atom. The number of nitrogen functional groups attached to an aromatic ring is 1. The van der Waals surface area contributed by atoms with Gasteiger partial charge in [-0.3, -0.25) is 9.80 Å². The number of carbonyl (C=O) groups is 1. The molecule has 0 spiro atoms. The number of hydrogen-bond acceptors (Lipinski definition) is 5. The third-order valence-corrected chi connectivity index (χ3v) is 6.09. The fourth-order valence-electron chi connectivity index (χ4n) is 3.98. The molecule has 0 radical (unpaired) electrons. The Balaban J connectivity index is 1.54. The summed E-state index contributed by atoms with van der Waals surface area (Å²) < 4.78 is 44.8. The number of benzene rings is 1. The van der Waals surface area contributed by atoms with Crippen molar-refractivity contribution in [3.05, 3.63) is 42.0 Å². The average Bonchev–Trinajstić information content (AvgIpc) is 2.77. The van der Waals surface area contributed by atoms with E-state index in [2.05, 4.69) is 15.2 Å². The fraction of sp³-hybridized carbons (Fsp3) is 0.478. The molecule has 2 amide bonds. The number of amides is 2. The van der Waals surface area contributed by atoms with E-state index in [1.54, 1.807) is 23.1 Å². The first kappa shape index (κ1) is 23.3. The van der Waals surface area contributed by atoms with Gasteiger partial charge >= 0.3 is 12.2 Å². The summed E-state index contributed by atoms with van der Waals surface area (Å²) in [7, 11) is 0. The molecule has 2 fully saturated rings. The molecule has 0 atom stereocenters. The second kappa shape index (κ2) is 9.96. The Hall–Kier alpha value is -2.85. The molecule has 3 N–H and O–H groups in total. The van der Waals surface area contributed by atoms with Crippen LogP contribution in [0.15, 0.2) is 36.4 Å². The van der Waals surface area contributed by atoms with Gasteiger partial charge in [0.2, 0.25) is 0 Å². The van der Waals surface area contributed by atoms with Crippen molar-refractivity contribution in [3.63, 3.8) is 0 Å². The van der Waals surface area contributed by atoms with Crippen molar-refractivity contribution in [2.45, 2.75) is 31.5 Å². The molecule has 1 saturated heterocycles. The lowest BCUT2D eigenvalue weighted by Gasteiger charge is -2.37. The number of rotatable bonds is 6. The number of nitrogens with two attached hydrogens (primary N) is 1. The second-order valence-electron chi connectivity index (χ2n) is 8.33. The highest BCUT2D eigenvalue weighted by Gasteiger charge is 2.33. The highest BCUT2D eigenvalue weighted by Crippen LogP contribution is 2.35. The molecule has 2 heterocycles. The summed E-state index contributed by atoms with van der Waals surface area (Å²) in [4.78, 5) is 21.5. The number of anilines is 2. The van der Waals surface area contributed by atoms with Crippen LogP contribution in [-0.2, 0) is 10.9 Å². The minimum Gasteiger partial charge on any atom is -0.396 e. The van der Waals surface area contributed by atoms with Gasteiger partial charge in [-0.2, -0.15) is 13.2 Å². The highest BCUT2D eigenvalue weighted by molar-refractivity contribution is 5.95. The molecule has 7 nitrogen and oxygen atoms in total. The fourth-order valence-corrected chi connectivity index (χ4v) is 3.98. The molecule has 2 aromatic rings. The molecular formula is C23H28F3N5O2. The molecule has 1 aliphatic heterocycles. The van der Waals surface area contributed by atoms with E-state index in [1.165, 1.54) is 6.07 Å². The number of pyridine rings is 1. The maximum Gasteiger partial charge on any atom is 0.416 e. The minimum atomic E-state index is -4.45. The van der Waals surface area contributed by atoms with E-state index < -0.39 is 11.7 Å². The number of hydrogen-bond donors (Lipinski definition) is 2. The third-order valence-electron chi connectivity index (χ3n) is 6.09. The predicted molar refractivity (Wildman–Crippen MR) is 120 cm³/mol. The van der Waals surface area contributed by atoms with Crippen molar-refractivity contribution >= 4 is 17.5 Å². The van der Waals surface area contributed by atoms with Gasteiger partial charge in [-0.05, 0) is 43.5 Å². The van der Waals surface area contributed by atoms with Crippen LogP contribution in [0.25, 0.3) is 11.3 Å². The van der Waals surface area contributed by atoms with Crippen LogP contribution < -0.4 is 16.0 Å². The van der Waals surface area contributed by atoms with Crippen LogP contribution in [0, 0.1) is 0 Å². The molecule has 4 rings (SSSR count). The number of urea groups is 1. The quantitative estimate of drug-likeness (QED) is 0.682. The van der Waals surface area contributed by atoms with Gasteiger partial charge in [-0.15, -0.1) is 0 Å². The number of nitrogens with zero attached hydrogens (tertiary/aromatic N) is 3. The van der Waals surface area contributed by atoms with Gasteiger partial charge in [0.1, 0.15) is 0 Å². The number of alkyl halides is 3. The molecule has 1 saturated carbocycles. The first-order valence-electron chi connectivity index (χ1n) is 11.1. The van der Waals surface area contributed by atoms with Crippen LogP contribution in [0.1, 0.15) is 24.8 Å². The van der Waals surface area contributed by atoms with Gasteiger partial charge in [0.25, 0.3) is 0 Å². The molecule has 0 bridgehead atoms. The summed E-state index contributed by atoms with van der Waals surface area (Å²) in [5.74, 6) is 0.276. The zero-order valence-corrected chi connectivity index (χ0v) is 18.3. The number of nitrogens with one attached hydrogen (secondary N) is 1. The SMILES string of the molecule is Nc1ccc(-c2cccc(C(F)(F)F)c2)nc1N(C(=O)NCCN1CCOCC1)C1CCC1. The van der Waals surface area contributed by atoms with Crippen LogP contribution >= 0.6 is 0 Å². The summed E-state index contributed by atoms with van der Waals surface area (Å²) in [5.41, 5.74) is 6.38. The number of ether oxygens (including phenoxy) is 1. The van der Waals surface area contributed by atoms with Crippen LogP contribution in [-0.4, -0.2) is 61.3 Å². The summed E-state index contributed by atoms with van der Waals surface area (Å²) in [6.45, 7) is 4.21. The molecule has 10 heteroatoms. The van der Waals surface area contributed by atoms with E-state index in [-0.39, 0.29) is 17.9 Å². The zero-order chi connectivity index (χ0) is 23.4. The van der Waals surface area contributed by atoms with E-state index in [9.17, 15) is 18.0 Å². The second-order valence-corrected chi connectivity index (χ2v) is 8.33. The van der Waals surface area contributed by atoms with E-state index in [0.717, 1.165) is 44.5 Å². The minimum absolute atomic E-state index is 0.0417. The molecule has 33 heavy (non-hydrogen) atoms. The Morgan fingerprint density at radius 3 is 2.64 bits per heavy atom. The molecule has 1 aromatic carbocycles. The monoisotopic (exact) mass is 463 g/mol. The number of carbonyl (C=O) groups excluding carboxylic acids is 1. The van der Waals surface area contributed by atoms with Crippen LogP contribution in [0.2, 0.25) is 0 Å². The van der Waals surface area contributed by atoms with Crippen molar-refractivity contribution in [1.29, 1.82) is 0 Å². The summed E-state index contributed by atoms with van der Waals surface area (Å²) in [6.07, 6.45) is -1.81. The molecule has 1 aliphatic carbocycles. The number of halogens is 3. The van der Waals surface area contributed by atoms with Crippen molar-refractivity contribution in [2.24, 2.45) is 0 Å². The van der Waals surface area contributed by atoms with Crippen molar-refractivity contribution in [2.75, 3.05) is 50.0 Å². The average molecular weight is 464 g/mol. The van der Waals surface area contributed by atoms with Crippen molar-refractivity contribution < 1.29 is 22.7 Å². The van der Waals surface area contributed by atoms with Crippen LogP contribution in [0.5, 0.6) is 0 Å². The van der Waals surface area contributed by atoms with Crippen molar-refractivity contribution in [3.8, 4) is 11.3 Å². The van der Waals surface area contributed by atoms with E-state index in [4.69, 9.17) is 10.5 Å². The first-order chi connectivity index (χ1) is 15.8. The molecule has 178 valence electrons. The highest BCUT2D eigenvalue weighted by atomic mass is 19.4. The smallest absolute Gasteiger partial charge is 0.396 e. The van der Waals surface area contributed by atoms with E-state index in [1.807, 2.05) is 0 Å². The van der Waals surface area contributed by atoms with Crippen molar-refractivity contribution in [1.82, 2.24) is 15.2 Å². The normalized spacial score (nSPS) is 17.4. The Labute approximate surface area is 190 Å². The first-order valence-corrected chi connectivity index (χ1v) is 11.1. The number of morpholine rings is 1. The lowest BCUT2D eigenvalue weighted by molar-refractivity contribution is -0.137.